The third-order valence-corrected chi connectivity index (χ3v) is 3.21. The number of rotatable bonds is 3. The number of benzene rings is 1. The number of carbonyl (C=O) groups excluding carboxylic acids is 1. The normalized spacial score (nSPS) is 18.4. The van der Waals surface area contributed by atoms with Crippen LogP contribution in [0.15, 0.2) is 36.4 Å². The summed E-state index contributed by atoms with van der Waals surface area (Å²) in [6.07, 6.45) is 7.93. The van der Waals surface area contributed by atoms with Crippen molar-refractivity contribution in [3.63, 3.8) is 0 Å². The first kappa shape index (κ1) is 15.0. The van der Waals surface area contributed by atoms with Gasteiger partial charge in [-0.15, -0.1) is 0 Å². The van der Waals surface area contributed by atoms with Crippen molar-refractivity contribution in [2.24, 2.45) is 0 Å². The van der Waals surface area contributed by atoms with Gasteiger partial charge in [-0.3, -0.25) is 10.1 Å². The Hall–Kier alpha value is -2.37. The Labute approximate surface area is 122 Å². The predicted octanol–water partition coefficient (Wildman–Crippen LogP) is 4.00. The molecular weight excluding hydrogens is 274 g/mol. The highest BCUT2D eigenvalue weighted by Crippen LogP contribution is 2.19. The van der Waals surface area contributed by atoms with Gasteiger partial charge in [-0.25, -0.2) is 4.79 Å². The molecule has 1 aliphatic carbocycles. The Morgan fingerprint density at radius 3 is 2.67 bits per heavy atom. The van der Waals surface area contributed by atoms with Crippen molar-refractivity contribution in [2.75, 3.05) is 0 Å². The number of ether oxygens (including phenoxy) is 2. The van der Waals surface area contributed by atoms with E-state index in [-0.39, 0.29) is 17.5 Å². The van der Waals surface area contributed by atoms with Crippen LogP contribution in [0.3, 0.4) is 0 Å². The van der Waals surface area contributed by atoms with E-state index in [1.165, 1.54) is 24.3 Å². The standard InChI is InChI=1S/C15H17NO5/c17-15(20-13-6-4-2-1-3-5-7-13)21-14-10-8-12(9-11-14)16(18)19/h4,6,8-11,13H,1-3,5,7H2. The fourth-order valence-corrected chi connectivity index (χ4v) is 2.11. The Balaban J connectivity index is 1.88. The molecule has 1 aromatic rings. The van der Waals surface area contributed by atoms with E-state index in [0.29, 0.717) is 0 Å². The minimum absolute atomic E-state index is 0.0568. The lowest BCUT2D eigenvalue weighted by molar-refractivity contribution is -0.384. The second-order valence-electron chi connectivity index (χ2n) is 4.83. The van der Waals surface area contributed by atoms with Gasteiger partial charge in [-0.05, 0) is 43.9 Å². The van der Waals surface area contributed by atoms with E-state index in [4.69, 9.17) is 9.47 Å². The molecule has 0 N–H and O–H groups in total. The van der Waals surface area contributed by atoms with Crippen molar-refractivity contribution in [2.45, 2.75) is 38.2 Å². The molecule has 0 aliphatic heterocycles. The maximum atomic E-state index is 11.7. The van der Waals surface area contributed by atoms with Crippen LogP contribution in [-0.4, -0.2) is 17.2 Å². The van der Waals surface area contributed by atoms with Crippen LogP contribution in [0.4, 0.5) is 10.5 Å². The molecule has 21 heavy (non-hydrogen) atoms. The Bertz CT molecular complexity index is 523. The lowest BCUT2D eigenvalue weighted by Crippen LogP contribution is -2.19. The molecule has 112 valence electrons. The third kappa shape index (κ3) is 4.91. The van der Waals surface area contributed by atoms with Crippen molar-refractivity contribution in [3.05, 3.63) is 46.5 Å². The van der Waals surface area contributed by atoms with Gasteiger partial charge in [-0.2, -0.15) is 0 Å². The average Bonchev–Trinajstić information content (AvgIpc) is 2.42. The molecule has 1 aliphatic rings. The summed E-state index contributed by atoms with van der Waals surface area (Å²) < 4.78 is 10.2. The topological polar surface area (TPSA) is 78.7 Å². The number of allylic oxidation sites excluding steroid dienone is 1. The molecule has 0 spiro atoms. The van der Waals surface area contributed by atoms with Gasteiger partial charge in [0.2, 0.25) is 0 Å². The monoisotopic (exact) mass is 291 g/mol. The van der Waals surface area contributed by atoms with E-state index in [9.17, 15) is 14.9 Å². The van der Waals surface area contributed by atoms with Gasteiger partial charge < -0.3 is 9.47 Å². The Morgan fingerprint density at radius 2 is 1.95 bits per heavy atom. The maximum absolute atomic E-state index is 11.7. The molecule has 0 fully saturated rings. The zero-order valence-electron chi connectivity index (χ0n) is 11.6. The molecule has 6 nitrogen and oxygen atoms in total. The van der Waals surface area contributed by atoms with E-state index < -0.39 is 11.1 Å². The quantitative estimate of drug-likeness (QED) is 0.276. The van der Waals surface area contributed by atoms with Gasteiger partial charge in [0.15, 0.2) is 0 Å². The second-order valence-corrected chi connectivity index (χ2v) is 4.83. The number of hydrogen-bond donors (Lipinski definition) is 0. The minimum atomic E-state index is -0.793. The lowest BCUT2D eigenvalue weighted by Gasteiger charge is -2.15. The molecule has 0 bridgehead atoms. The van der Waals surface area contributed by atoms with Gasteiger partial charge in [0.25, 0.3) is 5.69 Å². The van der Waals surface area contributed by atoms with Crippen molar-refractivity contribution in [3.8, 4) is 5.75 Å². The molecule has 1 aromatic carbocycles. The fraction of sp³-hybridized carbons (Fsp3) is 0.400. The Morgan fingerprint density at radius 1 is 1.19 bits per heavy atom. The van der Waals surface area contributed by atoms with Crippen LogP contribution in [-0.2, 0) is 4.74 Å². The zero-order chi connectivity index (χ0) is 15.1. The summed E-state index contributed by atoms with van der Waals surface area (Å²) in [7, 11) is 0. The van der Waals surface area contributed by atoms with Crippen LogP contribution in [0.25, 0.3) is 0 Å². The summed E-state index contributed by atoms with van der Waals surface area (Å²) in [5.41, 5.74) is -0.0568. The highest BCUT2D eigenvalue weighted by molar-refractivity contribution is 5.64. The molecule has 0 radical (unpaired) electrons. The largest absolute Gasteiger partial charge is 0.514 e. The lowest BCUT2D eigenvalue weighted by atomic mass is 10.0. The number of hydrogen-bond acceptors (Lipinski definition) is 5. The molecule has 2 rings (SSSR count). The number of non-ortho nitro benzene ring substituents is 1. The third-order valence-electron chi connectivity index (χ3n) is 3.21. The van der Waals surface area contributed by atoms with Crippen LogP contribution in [0.2, 0.25) is 0 Å². The summed E-state index contributed by atoms with van der Waals surface area (Å²) >= 11 is 0. The highest BCUT2D eigenvalue weighted by Gasteiger charge is 2.15. The molecule has 0 aromatic heterocycles. The minimum Gasteiger partial charge on any atom is -0.426 e. The van der Waals surface area contributed by atoms with Gasteiger partial charge in [-0.1, -0.05) is 12.5 Å². The summed E-state index contributed by atoms with van der Waals surface area (Å²) in [4.78, 5) is 21.7. The first-order valence-corrected chi connectivity index (χ1v) is 6.95. The fourth-order valence-electron chi connectivity index (χ4n) is 2.11. The molecule has 0 amide bonds. The van der Waals surface area contributed by atoms with Crippen molar-refractivity contribution in [1.29, 1.82) is 0 Å². The van der Waals surface area contributed by atoms with Crippen molar-refractivity contribution < 1.29 is 19.2 Å². The van der Waals surface area contributed by atoms with Crippen LogP contribution < -0.4 is 4.74 Å². The number of nitro benzene ring substituents is 1. The molecule has 0 saturated carbocycles. The summed E-state index contributed by atoms with van der Waals surface area (Å²) in [5, 5.41) is 10.5. The molecular formula is C15H17NO5. The molecule has 1 unspecified atom stereocenters. The smallest absolute Gasteiger partial charge is 0.426 e. The summed E-state index contributed by atoms with van der Waals surface area (Å²) in [5.74, 6) is 0.223. The predicted molar refractivity (Wildman–Crippen MR) is 76.2 cm³/mol. The second kappa shape index (κ2) is 7.42. The molecule has 0 saturated heterocycles. The first-order valence-electron chi connectivity index (χ1n) is 6.95. The Kier molecular flexibility index (Phi) is 5.31. The zero-order valence-corrected chi connectivity index (χ0v) is 11.6. The molecule has 6 heteroatoms. The number of nitrogens with zero attached hydrogens (tertiary/aromatic N) is 1. The van der Waals surface area contributed by atoms with Crippen LogP contribution in [0, 0.1) is 10.1 Å². The molecule has 0 heterocycles. The van der Waals surface area contributed by atoms with E-state index in [1.54, 1.807) is 0 Å². The van der Waals surface area contributed by atoms with Crippen LogP contribution in [0.1, 0.15) is 32.1 Å². The van der Waals surface area contributed by atoms with Gasteiger partial charge >= 0.3 is 6.16 Å². The average molecular weight is 291 g/mol. The van der Waals surface area contributed by atoms with E-state index in [1.807, 2.05) is 12.2 Å². The van der Waals surface area contributed by atoms with Crippen LogP contribution >= 0.6 is 0 Å². The van der Waals surface area contributed by atoms with Crippen LogP contribution in [0.5, 0.6) is 5.75 Å². The van der Waals surface area contributed by atoms with Crippen molar-refractivity contribution in [1.82, 2.24) is 0 Å². The van der Waals surface area contributed by atoms with Gasteiger partial charge in [0, 0.05) is 12.1 Å². The maximum Gasteiger partial charge on any atom is 0.514 e. The highest BCUT2D eigenvalue weighted by atomic mass is 16.7. The van der Waals surface area contributed by atoms with Gasteiger partial charge in [0.05, 0.1) is 4.92 Å². The first-order chi connectivity index (χ1) is 10.1. The van der Waals surface area contributed by atoms with E-state index in [0.717, 1.165) is 32.1 Å². The summed E-state index contributed by atoms with van der Waals surface area (Å²) in [6.45, 7) is 0. The van der Waals surface area contributed by atoms with Gasteiger partial charge in [0.1, 0.15) is 11.9 Å². The number of carbonyl (C=O) groups is 1. The SMILES string of the molecule is O=C(Oc1ccc([N+](=O)[O-])cc1)OC1C=CCCCCC1. The number of nitro groups is 1. The van der Waals surface area contributed by atoms with E-state index in [2.05, 4.69) is 0 Å². The van der Waals surface area contributed by atoms with Crippen molar-refractivity contribution >= 4 is 11.8 Å². The summed E-state index contributed by atoms with van der Waals surface area (Å²) in [6, 6.07) is 5.29. The molecule has 1 atom stereocenters. The van der Waals surface area contributed by atoms with E-state index >= 15 is 0 Å².